The third-order valence-electron chi connectivity index (χ3n) is 8.01. The fourth-order valence-electron chi connectivity index (χ4n) is 4.79. The second-order valence-electron chi connectivity index (χ2n) is 12.3. The van der Waals surface area contributed by atoms with Gasteiger partial charge in [-0.2, -0.15) is 20.7 Å². The molecular weight excluding hydrogens is 781 g/mol. The van der Waals surface area contributed by atoms with Crippen molar-refractivity contribution in [3.63, 3.8) is 0 Å². The molecule has 2 atom stereocenters. The van der Waals surface area contributed by atoms with Crippen molar-refractivity contribution < 1.29 is 14.7 Å². The Bertz CT molecular complexity index is 2370. The summed E-state index contributed by atoms with van der Waals surface area (Å²) >= 11 is 12.4. The molecule has 0 radical (unpaired) electrons. The number of halogens is 2. The second-order valence-corrected chi connectivity index (χ2v) is 13.1. The first kappa shape index (κ1) is 45.7. The van der Waals surface area contributed by atoms with E-state index in [2.05, 4.69) is 46.8 Å². The Hall–Kier alpha value is -6.72. The first-order chi connectivity index (χ1) is 27.3. The van der Waals surface area contributed by atoms with Crippen LogP contribution in [0.25, 0.3) is 22.5 Å². The van der Waals surface area contributed by atoms with Crippen LogP contribution in [-0.2, 0) is 14.1 Å². The standard InChI is InChI=1S/C20H19ClN6O.C15H12ClN5O2.C4H8N2.CH4/c1-3-13(9-22)8-18(28)14-4-6-15(7-5-14)19-17(21)11-23-20(26-19)25-16-10-24-27(2)12-16;1-21-8-11(6-18-21)19-15-17-7-12(16)13(20-15)9-2-4-10(5-3-9)14(22)23;1-2-4(6)3-5;/h4-7,10-13H,3,8H2,1-2H3,(H,23,25,26);2-8H,1H3,(H,22,23)(H,17,19,20);4H,2,6H2,1H3;1H4/t13-;;4-;/m1.0./s1. The number of hydrogen-bond acceptors (Lipinski definition) is 13. The van der Waals surface area contributed by atoms with E-state index in [1.807, 2.05) is 40.2 Å². The molecule has 18 heteroatoms. The molecule has 58 heavy (non-hydrogen) atoms. The molecule has 300 valence electrons. The summed E-state index contributed by atoms with van der Waals surface area (Å²) in [5, 5.41) is 41.0. The number of benzene rings is 2. The van der Waals surface area contributed by atoms with E-state index in [1.54, 1.807) is 64.4 Å². The molecule has 0 bridgehead atoms. The highest BCUT2D eigenvalue weighted by molar-refractivity contribution is 6.33. The Morgan fingerprint density at radius 3 is 1.53 bits per heavy atom. The summed E-state index contributed by atoms with van der Waals surface area (Å²) in [7, 11) is 3.63. The summed E-state index contributed by atoms with van der Waals surface area (Å²) in [4.78, 5) is 40.4. The van der Waals surface area contributed by atoms with Crippen LogP contribution in [0.5, 0.6) is 0 Å². The lowest BCUT2D eigenvalue weighted by atomic mass is 9.96. The number of aryl methyl sites for hydroxylation is 2. The first-order valence-electron chi connectivity index (χ1n) is 17.4. The summed E-state index contributed by atoms with van der Waals surface area (Å²) in [5.41, 5.74) is 9.95. The number of aromatic carboxylic acids is 1. The van der Waals surface area contributed by atoms with Crippen LogP contribution in [0.1, 0.15) is 61.3 Å². The van der Waals surface area contributed by atoms with Crippen LogP contribution >= 0.6 is 23.2 Å². The Morgan fingerprint density at radius 2 is 1.21 bits per heavy atom. The Kier molecular flexibility index (Phi) is 17.4. The number of carboxylic acid groups (broad SMARTS) is 1. The van der Waals surface area contributed by atoms with Crippen molar-refractivity contribution in [2.24, 2.45) is 25.7 Å². The molecule has 5 N–H and O–H groups in total. The summed E-state index contributed by atoms with van der Waals surface area (Å²) in [6.45, 7) is 3.78. The molecule has 0 amide bonds. The van der Waals surface area contributed by atoms with Crippen LogP contribution in [0.3, 0.4) is 0 Å². The molecule has 0 aliphatic rings. The molecular formula is C40H43Cl2N13O3. The van der Waals surface area contributed by atoms with Crippen molar-refractivity contribution >= 4 is 58.2 Å². The molecule has 6 rings (SSSR count). The molecule has 0 saturated heterocycles. The predicted octanol–water partition coefficient (Wildman–Crippen LogP) is 8.25. The highest BCUT2D eigenvalue weighted by Gasteiger charge is 2.15. The molecule has 0 saturated carbocycles. The molecule has 16 nitrogen and oxygen atoms in total. The van der Waals surface area contributed by atoms with Crippen molar-refractivity contribution in [1.29, 1.82) is 10.5 Å². The number of carbonyl (C=O) groups is 2. The van der Waals surface area contributed by atoms with Crippen LogP contribution in [0.2, 0.25) is 10.0 Å². The zero-order chi connectivity index (χ0) is 41.5. The molecule has 0 aliphatic carbocycles. The number of aromatic nitrogens is 8. The fourth-order valence-corrected chi connectivity index (χ4v) is 5.19. The van der Waals surface area contributed by atoms with Crippen molar-refractivity contribution in [3.8, 4) is 34.7 Å². The Balaban J connectivity index is 0.000000272. The van der Waals surface area contributed by atoms with E-state index in [0.717, 1.165) is 23.4 Å². The minimum Gasteiger partial charge on any atom is -0.478 e. The number of anilines is 4. The molecule has 4 aromatic heterocycles. The van der Waals surface area contributed by atoms with Gasteiger partial charge in [0.05, 0.1) is 87.3 Å². The van der Waals surface area contributed by atoms with Gasteiger partial charge < -0.3 is 21.5 Å². The van der Waals surface area contributed by atoms with Gasteiger partial charge in [-0.1, -0.05) is 80.9 Å². The van der Waals surface area contributed by atoms with Crippen molar-refractivity contribution in [2.75, 3.05) is 10.6 Å². The lowest BCUT2D eigenvalue weighted by Crippen LogP contribution is -2.14. The normalized spacial score (nSPS) is 11.1. The van der Waals surface area contributed by atoms with Gasteiger partial charge in [-0.15, -0.1) is 0 Å². The number of nitrogens with two attached hydrogens (primary N) is 1. The maximum Gasteiger partial charge on any atom is 0.335 e. The minimum atomic E-state index is -0.982. The largest absolute Gasteiger partial charge is 0.478 e. The second kappa shape index (κ2) is 22.1. The third kappa shape index (κ3) is 13.2. The third-order valence-corrected chi connectivity index (χ3v) is 8.56. The van der Waals surface area contributed by atoms with Crippen LogP contribution in [0.15, 0.2) is 85.7 Å². The lowest BCUT2D eigenvalue weighted by Gasteiger charge is -2.09. The van der Waals surface area contributed by atoms with Gasteiger partial charge in [0.1, 0.15) is 0 Å². The predicted molar refractivity (Wildman–Crippen MR) is 224 cm³/mol. The Morgan fingerprint density at radius 1 is 0.759 bits per heavy atom. The van der Waals surface area contributed by atoms with E-state index in [4.69, 9.17) is 44.6 Å². The van der Waals surface area contributed by atoms with Crippen LogP contribution in [0, 0.1) is 28.6 Å². The summed E-state index contributed by atoms with van der Waals surface area (Å²) < 4.78 is 3.33. The highest BCUT2D eigenvalue weighted by Crippen LogP contribution is 2.29. The molecule has 4 heterocycles. The number of carbonyl (C=O) groups excluding carboxylic acids is 1. The molecule has 0 unspecified atom stereocenters. The average Bonchev–Trinajstić information content (AvgIpc) is 3.84. The van der Waals surface area contributed by atoms with Gasteiger partial charge in [-0.25, -0.2) is 24.7 Å². The van der Waals surface area contributed by atoms with E-state index in [0.29, 0.717) is 50.9 Å². The monoisotopic (exact) mass is 823 g/mol. The highest BCUT2D eigenvalue weighted by atomic mass is 35.5. The number of Topliss-reactive ketones (excluding diaryl/α,β-unsaturated/α-hetero) is 1. The van der Waals surface area contributed by atoms with E-state index in [9.17, 15) is 9.59 Å². The average molecular weight is 825 g/mol. The van der Waals surface area contributed by atoms with Crippen molar-refractivity contribution in [2.45, 2.75) is 46.6 Å². The molecule has 0 fully saturated rings. The Labute approximate surface area is 346 Å². The van der Waals surface area contributed by atoms with E-state index >= 15 is 0 Å². The number of nitrogens with zero attached hydrogens (tertiary/aromatic N) is 10. The van der Waals surface area contributed by atoms with Crippen LogP contribution in [0.4, 0.5) is 23.3 Å². The van der Waals surface area contributed by atoms with Gasteiger partial charge in [0.25, 0.3) is 0 Å². The van der Waals surface area contributed by atoms with Crippen LogP contribution in [-0.4, -0.2) is 62.4 Å². The summed E-state index contributed by atoms with van der Waals surface area (Å²) in [6.07, 6.45) is 11.6. The van der Waals surface area contributed by atoms with Gasteiger partial charge in [-0.05, 0) is 25.0 Å². The molecule has 0 spiro atoms. The van der Waals surface area contributed by atoms with Gasteiger partial charge in [0.2, 0.25) is 11.9 Å². The van der Waals surface area contributed by atoms with Crippen molar-refractivity contribution in [1.82, 2.24) is 39.5 Å². The quantitative estimate of drug-likeness (QED) is 0.0850. The molecule has 0 aliphatic heterocycles. The first-order valence-corrected chi connectivity index (χ1v) is 18.2. The number of rotatable bonds is 12. The SMILES string of the molecule is C.CC[C@@H](C#N)CC(=O)c1ccc(-c2nc(Nc3cnn(C)c3)ncc2Cl)cc1.CC[C@H](N)C#N.Cn1cc(Nc2ncc(Cl)c(-c3ccc(C(=O)O)cc3)n2)cn1. The van der Waals surface area contributed by atoms with Crippen molar-refractivity contribution in [3.05, 3.63) is 107 Å². The van der Waals surface area contributed by atoms with Crippen LogP contribution < -0.4 is 16.4 Å². The lowest BCUT2D eigenvalue weighted by molar-refractivity contribution is 0.0696. The zero-order valence-electron chi connectivity index (χ0n) is 31.4. The molecule has 2 aromatic carbocycles. The number of hydrogen-bond donors (Lipinski definition) is 4. The smallest absolute Gasteiger partial charge is 0.335 e. The zero-order valence-corrected chi connectivity index (χ0v) is 32.9. The van der Waals surface area contributed by atoms with Gasteiger partial charge in [0, 0.05) is 49.6 Å². The van der Waals surface area contributed by atoms with E-state index in [1.165, 1.54) is 24.5 Å². The maximum absolute atomic E-state index is 12.3. The summed E-state index contributed by atoms with van der Waals surface area (Å²) in [6, 6.07) is 17.2. The molecule has 6 aromatic rings. The summed E-state index contributed by atoms with van der Waals surface area (Å²) in [5.74, 6) is -0.520. The topological polar surface area (TPSA) is 239 Å². The van der Waals surface area contributed by atoms with E-state index < -0.39 is 5.97 Å². The fraction of sp³-hybridized carbons (Fsp3) is 0.250. The van der Waals surface area contributed by atoms with Gasteiger partial charge in [0.15, 0.2) is 5.78 Å². The number of nitrogens with one attached hydrogen (secondary N) is 2. The number of carboxylic acids is 1. The number of ketones is 1. The van der Waals surface area contributed by atoms with Gasteiger partial charge in [-0.3, -0.25) is 14.2 Å². The minimum absolute atomic E-state index is 0. The maximum atomic E-state index is 12.3. The van der Waals surface area contributed by atoms with Gasteiger partial charge >= 0.3 is 5.97 Å². The van der Waals surface area contributed by atoms with E-state index in [-0.39, 0.29) is 37.2 Å². The number of nitriles is 2.